The SMILES string of the molecule is COc1cccc2c1NCCC2N1CCNCC1. The molecule has 4 heteroatoms. The molecule has 1 aromatic rings. The summed E-state index contributed by atoms with van der Waals surface area (Å²) < 4.78 is 5.45. The standard InChI is InChI=1S/C14H21N3O/c1-18-13-4-2-3-11-12(5-6-16-14(11)13)17-9-7-15-8-10-17/h2-4,12,15-16H,5-10H2,1H3. The molecular formula is C14H21N3O. The van der Waals surface area contributed by atoms with Crippen LogP contribution in [0.15, 0.2) is 18.2 Å². The molecule has 18 heavy (non-hydrogen) atoms. The first-order valence-corrected chi connectivity index (χ1v) is 6.75. The molecule has 0 aromatic heterocycles. The Morgan fingerprint density at radius 2 is 2.06 bits per heavy atom. The minimum Gasteiger partial charge on any atom is -0.495 e. The lowest BCUT2D eigenvalue weighted by molar-refractivity contribution is 0.165. The normalized spacial score (nSPS) is 24.2. The van der Waals surface area contributed by atoms with Crippen molar-refractivity contribution in [3.05, 3.63) is 23.8 Å². The quantitative estimate of drug-likeness (QED) is 0.829. The molecule has 98 valence electrons. The topological polar surface area (TPSA) is 36.5 Å². The average molecular weight is 247 g/mol. The predicted molar refractivity (Wildman–Crippen MR) is 73.3 cm³/mol. The van der Waals surface area contributed by atoms with Gasteiger partial charge in [-0.2, -0.15) is 0 Å². The number of anilines is 1. The number of methoxy groups -OCH3 is 1. The zero-order valence-corrected chi connectivity index (χ0v) is 10.9. The number of para-hydroxylation sites is 1. The fraction of sp³-hybridized carbons (Fsp3) is 0.571. The van der Waals surface area contributed by atoms with Gasteiger partial charge in [0.05, 0.1) is 12.8 Å². The Hall–Kier alpha value is -1.26. The third-order valence-corrected chi connectivity index (χ3v) is 3.95. The summed E-state index contributed by atoms with van der Waals surface area (Å²) in [6.45, 7) is 5.51. The van der Waals surface area contributed by atoms with Crippen molar-refractivity contribution in [1.29, 1.82) is 0 Å². The summed E-state index contributed by atoms with van der Waals surface area (Å²) in [5, 5.41) is 6.90. The molecule has 2 aliphatic rings. The van der Waals surface area contributed by atoms with Gasteiger partial charge in [-0.05, 0) is 18.1 Å². The first-order valence-electron chi connectivity index (χ1n) is 6.75. The maximum atomic E-state index is 5.45. The van der Waals surface area contributed by atoms with E-state index in [0.717, 1.165) is 38.5 Å². The van der Waals surface area contributed by atoms with E-state index < -0.39 is 0 Å². The van der Waals surface area contributed by atoms with Crippen molar-refractivity contribution in [3.63, 3.8) is 0 Å². The maximum absolute atomic E-state index is 5.45. The first-order chi connectivity index (χ1) is 8.90. The van der Waals surface area contributed by atoms with Gasteiger partial charge in [0.1, 0.15) is 5.75 Å². The molecule has 3 rings (SSSR count). The third kappa shape index (κ3) is 2.06. The van der Waals surface area contributed by atoms with Gasteiger partial charge in [0, 0.05) is 38.8 Å². The Morgan fingerprint density at radius 1 is 1.22 bits per heavy atom. The van der Waals surface area contributed by atoms with Crippen molar-refractivity contribution in [2.45, 2.75) is 12.5 Å². The van der Waals surface area contributed by atoms with Crippen molar-refractivity contribution < 1.29 is 4.74 Å². The Bertz CT molecular complexity index is 416. The summed E-state index contributed by atoms with van der Waals surface area (Å²) in [5.74, 6) is 0.965. The van der Waals surface area contributed by atoms with Crippen molar-refractivity contribution in [3.8, 4) is 5.75 Å². The van der Waals surface area contributed by atoms with Crippen LogP contribution in [0.4, 0.5) is 5.69 Å². The number of nitrogens with zero attached hydrogens (tertiary/aromatic N) is 1. The van der Waals surface area contributed by atoms with Crippen molar-refractivity contribution in [1.82, 2.24) is 10.2 Å². The molecule has 4 nitrogen and oxygen atoms in total. The predicted octanol–water partition coefficient (Wildman–Crippen LogP) is 1.46. The number of rotatable bonds is 2. The summed E-state index contributed by atoms with van der Waals surface area (Å²) in [5.41, 5.74) is 2.58. The van der Waals surface area contributed by atoms with E-state index in [2.05, 4.69) is 27.7 Å². The van der Waals surface area contributed by atoms with Gasteiger partial charge in [-0.25, -0.2) is 0 Å². The van der Waals surface area contributed by atoms with Crippen LogP contribution in [0.25, 0.3) is 0 Å². The smallest absolute Gasteiger partial charge is 0.142 e. The molecule has 0 amide bonds. The van der Waals surface area contributed by atoms with Crippen LogP contribution in [0.1, 0.15) is 18.0 Å². The van der Waals surface area contributed by atoms with E-state index in [1.54, 1.807) is 7.11 Å². The summed E-state index contributed by atoms with van der Waals surface area (Å²) in [6, 6.07) is 6.90. The highest BCUT2D eigenvalue weighted by Gasteiger charge is 2.28. The number of nitrogens with one attached hydrogen (secondary N) is 2. The van der Waals surface area contributed by atoms with Gasteiger partial charge in [-0.3, -0.25) is 4.90 Å². The minimum absolute atomic E-state index is 0.540. The molecule has 0 saturated carbocycles. The van der Waals surface area contributed by atoms with Crippen LogP contribution in [0.2, 0.25) is 0 Å². The summed E-state index contributed by atoms with van der Waals surface area (Å²) in [4.78, 5) is 2.59. The van der Waals surface area contributed by atoms with Crippen LogP contribution in [0, 0.1) is 0 Å². The number of ether oxygens (including phenoxy) is 1. The summed E-state index contributed by atoms with van der Waals surface area (Å²) >= 11 is 0. The van der Waals surface area contributed by atoms with E-state index in [9.17, 15) is 0 Å². The maximum Gasteiger partial charge on any atom is 0.142 e. The van der Waals surface area contributed by atoms with Gasteiger partial charge >= 0.3 is 0 Å². The van der Waals surface area contributed by atoms with E-state index >= 15 is 0 Å². The Balaban J connectivity index is 1.91. The molecule has 0 spiro atoms. The van der Waals surface area contributed by atoms with Crippen LogP contribution in [0.5, 0.6) is 5.75 Å². The molecule has 2 heterocycles. The van der Waals surface area contributed by atoms with E-state index in [0.29, 0.717) is 6.04 Å². The summed E-state index contributed by atoms with van der Waals surface area (Å²) in [6.07, 6.45) is 1.18. The third-order valence-electron chi connectivity index (χ3n) is 3.95. The highest BCUT2D eigenvalue weighted by Crippen LogP contribution is 2.39. The molecule has 0 bridgehead atoms. The zero-order valence-electron chi connectivity index (χ0n) is 10.9. The Morgan fingerprint density at radius 3 is 2.83 bits per heavy atom. The molecule has 1 fully saturated rings. The summed E-state index contributed by atoms with van der Waals surface area (Å²) in [7, 11) is 1.74. The van der Waals surface area contributed by atoms with E-state index in [1.165, 1.54) is 17.7 Å². The molecule has 1 unspecified atom stereocenters. The van der Waals surface area contributed by atoms with Crippen LogP contribution in [-0.2, 0) is 0 Å². The second-order valence-corrected chi connectivity index (χ2v) is 4.94. The monoisotopic (exact) mass is 247 g/mol. The van der Waals surface area contributed by atoms with E-state index in [4.69, 9.17) is 4.74 Å². The molecule has 2 aliphatic heterocycles. The van der Waals surface area contributed by atoms with Crippen LogP contribution in [-0.4, -0.2) is 44.7 Å². The van der Waals surface area contributed by atoms with Gasteiger partial charge < -0.3 is 15.4 Å². The number of fused-ring (bicyclic) bond motifs is 1. The van der Waals surface area contributed by atoms with Gasteiger partial charge in [0.25, 0.3) is 0 Å². The molecule has 2 N–H and O–H groups in total. The van der Waals surface area contributed by atoms with Crippen molar-refractivity contribution >= 4 is 5.69 Å². The average Bonchev–Trinajstić information content (AvgIpc) is 2.47. The Labute approximate surface area is 108 Å². The van der Waals surface area contributed by atoms with Gasteiger partial charge in [-0.15, -0.1) is 0 Å². The number of piperazine rings is 1. The highest BCUT2D eigenvalue weighted by atomic mass is 16.5. The number of benzene rings is 1. The van der Waals surface area contributed by atoms with E-state index in [1.807, 2.05) is 6.07 Å². The Kier molecular flexibility index (Phi) is 3.39. The second-order valence-electron chi connectivity index (χ2n) is 4.94. The number of hydrogen-bond acceptors (Lipinski definition) is 4. The fourth-order valence-corrected chi connectivity index (χ4v) is 3.05. The van der Waals surface area contributed by atoms with Crippen LogP contribution < -0.4 is 15.4 Å². The minimum atomic E-state index is 0.540. The van der Waals surface area contributed by atoms with Crippen molar-refractivity contribution in [2.24, 2.45) is 0 Å². The largest absolute Gasteiger partial charge is 0.495 e. The lowest BCUT2D eigenvalue weighted by Crippen LogP contribution is -2.46. The van der Waals surface area contributed by atoms with Gasteiger partial charge in [-0.1, -0.05) is 12.1 Å². The molecule has 0 aliphatic carbocycles. The number of hydrogen-bond donors (Lipinski definition) is 2. The van der Waals surface area contributed by atoms with Crippen molar-refractivity contribution in [2.75, 3.05) is 45.2 Å². The molecule has 1 atom stereocenters. The molecule has 0 radical (unpaired) electrons. The molecule has 1 saturated heterocycles. The lowest BCUT2D eigenvalue weighted by atomic mass is 9.95. The highest BCUT2D eigenvalue weighted by molar-refractivity contribution is 5.64. The van der Waals surface area contributed by atoms with Crippen LogP contribution >= 0.6 is 0 Å². The van der Waals surface area contributed by atoms with E-state index in [-0.39, 0.29) is 0 Å². The van der Waals surface area contributed by atoms with Crippen LogP contribution in [0.3, 0.4) is 0 Å². The first kappa shape index (κ1) is 11.8. The molecular weight excluding hydrogens is 226 g/mol. The lowest BCUT2D eigenvalue weighted by Gasteiger charge is -2.38. The fourth-order valence-electron chi connectivity index (χ4n) is 3.05. The zero-order chi connectivity index (χ0) is 12.4. The second kappa shape index (κ2) is 5.16. The van der Waals surface area contributed by atoms with Gasteiger partial charge in [0.15, 0.2) is 0 Å². The molecule has 1 aromatic carbocycles. The van der Waals surface area contributed by atoms with Gasteiger partial charge in [0.2, 0.25) is 0 Å².